The number of benzene rings is 3. The van der Waals surface area contributed by atoms with Crippen LogP contribution in [0.3, 0.4) is 0 Å². The van der Waals surface area contributed by atoms with Gasteiger partial charge in [-0.25, -0.2) is 9.78 Å². The van der Waals surface area contributed by atoms with Gasteiger partial charge in [-0.15, -0.1) is 11.3 Å². The number of nitrogens with zero attached hydrogens (tertiary/aromatic N) is 2. The highest BCUT2D eigenvalue weighted by atomic mass is 32.1. The van der Waals surface area contributed by atoms with Crippen molar-refractivity contribution in [3.05, 3.63) is 119 Å². The molecule has 0 spiro atoms. The Morgan fingerprint density at radius 3 is 1.91 bits per heavy atom. The number of aliphatic carboxylic acids is 1. The molecule has 6 nitrogen and oxygen atoms in total. The second-order valence-corrected chi connectivity index (χ2v) is 7.82. The summed E-state index contributed by atoms with van der Waals surface area (Å²) in [6.07, 6.45) is 0.705. The van der Waals surface area contributed by atoms with Crippen molar-refractivity contribution < 1.29 is 14.7 Å². The van der Waals surface area contributed by atoms with E-state index in [4.69, 9.17) is 9.94 Å². The molecule has 0 unspecified atom stereocenters. The third-order valence-electron chi connectivity index (χ3n) is 4.92. The van der Waals surface area contributed by atoms with Crippen molar-refractivity contribution in [2.45, 2.75) is 12.1 Å². The molecule has 3 aromatic carbocycles. The van der Waals surface area contributed by atoms with Crippen LogP contribution in [0.5, 0.6) is 0 Å². The lowest BCUT2D eigenvalue weighted by Crippen LogP contribution is -2.38. The van der Waals surface area contributed by atoms with Gasteiger partial charge in [0.25, 0.3) is 0 Å². The van der Waals surface area contributed by atoms with E-state index >= 15 is 0 Å². The second kappa shape index (κ2) is 9.89. The maximum Gasteiger partial charge on any atom is 0.350 e. The maximum absolute atomic E-state index is 10.5. The van der Waals surface area contributed by atoms with Crippen molar-refractivity contribution in [3.8, 4) is 0 Å². The monoisotopic (exact) mass is 443 g/mol. The molecule has 0 aliphatic carbocycles. The highest BCUT2D eigenvalue weighted by Crippen LogP contribution is 2.40. The molecule has 0 amide bonds. The zero-order chi connectivity index (χ0) is 22.2. The number of hydrogen-bond donors (Lipinski definition) is 2. The van der Waals surface area contributed by atoms with Crippen LogP contribution in [0.2, 0.25) is 0 Å². The number of anilines is 1. The van der Waals surface area contributed by atoms with Crippen LogP contribution in [0.4, 0.5) is 5.13 Å². The average Bonchev–Trinajstić information content (AvgIpc) is 3.29. The molecule has 0 fully saturated rings. The molecular weight excluding hydrogens is 422 g/mol. The van der Waals surface area contributed by atoms with Crippen molar-refractivity contribution in [2.75, 3.05) is 5.32 Å². The highest BCUT2D eigenvalue weighted by Gasteiger charge is 2.37. The molecule has 0 radical (unpaired) electrons. The molecule has 32 heavy (non-hydrogen) atoms. The lowest BCUT2D eigenvalue weighted by molar-refractivity contribution is -0.129. The van der Waals surface area contributed by atoms with Crippen molar-refractivity contribution in [3.63, 3.8) is 0 Å². The Hall–Kier alpha value is -3.97. The number of carbonyl (C=O) groups is 1. The van der Waals surface area contributed by atoms with Crippen LogP contribution in [-0.4, -0.2) is 22.3 Å². The van der Waals surface area contributed by atoms with E-state index in [2.05, 4.69) is 51.9 Å². The summed E-state index contributed by atoms with van der Waals surface area (Å²) >= 11 is 1.45. The number of carboxylic acids is 1. The van der Waals surface area contributed by atoms with Crippen molar-refractivity contribution >= 4 is 28.7 Å². The first-order valence-electron chi connectivity index (χ1n) is 9.96. The summed E-state index contributed by atoms with van der Waals surface area (Å²) in [5.41, 5.74) is 3.23. The summed E-state index contributed by atoms with van der Waals surface area (Å²) < 4.78 is 0. The summed E-state index contributed by atoms with van der Waals surface area (Å²) in [6.45, 7) is 0.0803. The molecule has 4 aromatic rings. The van der Waals surface area contributed by atoms with E-state index < -0.39 is 11.5 Å². The summed E-state index contributed by atoms with van der Waals surface area (Å²) in [4.78, 5) is 20.2. The van der Waals surface area contributed by atoms with Gasteiger partial charge in [0.1, 0.15) is 5.54 Å². The van der Waals surface area contributed by atoms with E-state index in [1.165, 1.54) is 11.3 Å². The summed E-state index contributed by atoms with van der Waals surface area (Å²) in [6, 6.07) is 30.8. The fourth-order valence-electron chi connectivity index (χ4n) is 3.56. The van der Waals surface area contributed by atoms with E-state index in [1.54, 1.807) is 0 Å². The number of oxime groups is 1. The molecule has 0 aliphatic rings. The molecule has 0 saturated heterocycles. The van der Waals surface area contributed by atoms with Crippen LogP contribution in [0.1, 0.15) is 22.4 Å². The molecule has 1 heterocycles. The molecule has 0 bridgehead atoms. The highest BCUT2D eigenvalue weighted by molar-refractivity contribution is 7.13. The molecule has 7 heteroatoms. The van der Waals surface area contributed by atoms with E-state index in [0.717, 1.165) is 16.7 Å². The zero-order valence-electron chi connectivity index (χ0n) is 17.1. The Balaban J connectivity index is 1.75. The third kappa shape index (κ3) is 4.68. The summed E-state index contributed by atoms with van der Waals surface area (Å²) in [5.74, 6) is -1.16. The van der Waals surface area contributed by atoms with Gasteiger partial charge < -0.3 is 15.3 Å². The molecule has 0 saturated carbocycles. The zero-order valence-corrected chi connectivity index (χ0v) is 17.9. The first-order valence-corrected chi connectivity index (χ1v) is 10.8. The number of rotatable bonds is 9. The number of thiazole rings is 1. The minimum absolute atomic E-state index is 0.0803. The molecule has 160 valence electrons. The minimum Gasteiger partial charge on any atom is -0.477 e. The molecule has 4 rings (SSSR count). The second-order valence-electron chi connectivity index (χ2n) is 6.96. The van der Waals surface area contributed by atoms with Crippen molar-refractivity contribution in [1.29, 1.82) is 0 Å². The van der Waals surface area contributed by atoms with Crippen molar-refractivity contribution in [1.82, 2.24) is 4.98 Å². The SMILES string of the molecule is O=C(O)/C=N\OCc1csc(NC(c2ccccc2)(c2ccccc2)c2ccccc2)n1. The fraction of sp³-hybridized carbons (Fsp3) is 0.0800. The smallest absolute Gasteiger partial charge is 0.350 e. The standard InChI is InChI=1S/C25H21N3O3S/c29-23(30)16-26-31-17-22-18-32-24(27-22)28-25(19-10-4-1-5-11-19,20-12-6-2-7-13-20)21-14-8-3-9-15-21/h1-16,18H,17H2,(H,27,28)(H,29,30)/b26-16-. The molecule has 0 atom stereocenters. The third-order valence-corrected chi connectivity index (χ3v) is 5.72. The van der Waals surface area contributed by atoms with Gasteiger partial charge in [-0.05, 0) is 16.7 Å². The minimum atomic E-state index is -1.16. The van der Waals surface area contributed by atoms with Gasteiger partial charge in [0.05, 0.1) is 5.69 Å². The predicted molar refractivity (Wildman–Crippen MR) is 126 cm³/mol. The normalized spacial score (nSPS) is 11.4. The van der Waals surface area contributed by atoms with Gasteiger partial charge in [-0.1, -0.05) is 96.2 Å². The molecule has 0 aliphatic heterocycles. The van der Waals surface area contributed by atoms with E-state index in [-0.39, 0.29) is 6.61 Å². The first-order chi connectivity index (χ1) is 15.7. The lowest BCUT2D eigenvalue weighted by atomic mass is 9.77. The van der Waals surface area contributed by atoms with Gasteiger partial charge in [0.15, 0.2) is 18.0 Å². The maximum atomic E-state index is 10.5. The Bertz CT molecular complexity index is 1080. The van der Waals surface area contributed by atoms with E-state index in [9.17, 15) is 4.79 Å². The lowest BCUT2D eigenvalue weighted by Gasteiger charge is -2.36. The van der Waals surface area contributed by atoms with E-state index in [0.29, 0.717) is 17.0 Å². The Kier molecular flexibility index (Phi) is 6.57. The molecular formula is C25H21N3O3S. The average molecular weight is 444 g/mol. The predicted octanol–water partition coefficient (Wildman–Crippen LogP) is 5.13. The van der Waals surface area contributed by atoms with Crippen LogP contribution in [0, 0.1) is 0 Å². The largest absolute Gasteiger partial charge is 0.477 e. The number of nitrogens with one attached hydrogen (secondary N) is 1. The van der Waals surface area contributed by atoms with Gasteiger partial charge in [-0.3, -0.25) is 0 Å². The van der Waals surface area contributed by atoms with E-state index in [1.807, 2.05) is 60.0 Å². The Morgan fingerprint density at radius 2 is 1.44 bits per heavy atom. The van der Waals surface area contributed by atoms with Gasteiger partial charge in [0, 0.05) is 5.38 Å². The fourth-order valence-corrected chi connectivity index (χ4v) is 4.31. The number of hydrogen-bond acceptors (Lipinski definition) is 6. The topological polar surface area (TPSA) is 83.8 Å². The Labute approximate surface area is 189 Å². The Morgan fingerprint density at radius 1 is 0.938 bits per heavy atom. The summed E-state index contributed by atoms with van der Waals surface area (Å²) in [7, 11) is 0. The molecule has 2 N–H and O–H groups in total. The van der Waals surface area contributed by atoms with Crippen molar-refractivity contribution in [2.24, 2.45) is 5.16 Å². The first kappa shape index (κ1) is 21.3. The number of aromatic nitrogens is 1. The van der Waals surface area contributed by atoms with Crippen LogP contribution in [-0.2, 0) is 21.8 Å². The van der Waals surface area contributed by atoms with Crippen LogP contribution < -0.4 is 5.32 Å². The van der Waals surface area contributed by atoms with Gasteiger partial charge >= 0.3 is 5.97 Å². The van der Waals surface area contributed by atoms with Crippen LogP contribution >= 0.6 is 11.3 Å². The van der Waals surface area contributed by atoms with Crippen LogP contribution in [0.25, 0.3) is 0 Å². The molecule has 1 aromatic heterocycles. The summed E-state index contributed by atoms with van der Waals surface area (Å²) in [5, 5.41) is 18.3. The van der Waals surface area contributed by atoms with Crippen LogP contribution in [0.15, 0.2) is 102 Å². The number of carboxylic acid groups (broad SMARTS) is 1. The van der Waals surface area contributed by atoms with Gasteiger partial charge in [-0.2, -0.15) is 0 Å². The quantitative estimate of drug-likeness (QED) is 0.213. The van der Waals surface area contributed by atoms with Gasteiger partial charge in [0.2, 0.25) is 0 Å².